The van der Waals surface area contributed by atoms with Crippen LogP contribution in [-0.2, 0) is 12.8 Å². The maximum absolute atomic E-state index is 4.17. The molecule has 3 rings (SSSR count). The topological polar surface area (TPSA) is 31.9 Å². The van der Waals surface area contributed by atoms with Crippen molar-refractivity contribution in [2.75, 3.05) is 14.1 Å². The Hall–Kier alpha value is -1.35. The van der Waals surface area contributed by atoms with Crippen LogP contribution in [0.2, 0.25) is 0 Å². The van der Waals surface area contributed by atoms with Crippen LogP contribution in [0.15, 0.2) is 18.5 Å². The average Bonchev–Trinajstić information content (AvgIpc) is 2.66. The number of fused-ring (bicyclic) bond motifs is 3. The molecule has 1 aliphatic carbocycles. The van der Waals surface area contributed by atoms with Gasteiger partial charge in [-0.25, -0.2) is 0 Å². The van der Waals surface area contributed by atoms with E-state index in [0.29, 0.717) is 6.04 Å². The molecule has 0 amide bonds. The number of aromatic amines is 1. The number of hydrogen-bond acceptors (Lipinski definition) is 2. The van der Waals surface area contributed by atoms with E-state index in [4.69, 9.17) is 0 Å². The van der Waals surface area contributed by atoms with Crippen molar-refractivity contribution in [3.63, 3.8) is 0 Å². The number of rotatable bonds is 1. The maximum Gasteiger partial charge on any atom is 0.0645 e. The van der Waals surface area contributed by atoms with E-state index < -0.39 is 0 Å². The van der Waals surface area contributed by atoms with Crippen LogP contribution < -0.4 is 0 Å². The predicted octanol–water partition coefficient (Wildman–Crippen LogP) is 1.98. The number of H-pyrrole nitrogens is 1. The van der Waals surface area contributed by atoms with Gasteiger partial charge < -0.3 is 9.88 Å². The molecule has 0 spiro atoms. The summed E-state index contributed by atoms with van der Waals surface area (Å²) in [6, 6.07) is 2.81. The molecule has 1 aliphatic rings. The Kier molecular flexibility index (Phi) is 2.21. The molecule has 0 aliphatic heterocycles. The van der Waals surface area contributed by atoms with Crippen molar-refractivity contribution < 1.29 is 0 Å². The van der Waals surface area contributed by atoms with Crippen LogP contribution in [-0.4, -0.2) is 35.0 Å². The smallest absolute Gasteiger partial charge is 0.0645 e. The van der Waals surface area contributed by atoms with Crippen LogP contribution in [0.4, 0.5) is 0 Å². The molecule has 2 heterocycles. The van der Waals surface area contributed by atoms with Crippen molar-refractivity contribution >= 4 is 10.9 Å². The Balaban J connectivity index is 2.08. The molecule has 0 bridgehead atoms. The lowest BCUT2D eigenvalue weighted by Crippen LogP contribution is -2.33. The summed E-state index contributed by atoms with van der Waals surface area (Å²) in [4.78, 5) is 10.00. The van der Waals surface area contributed by atoms with E-state index in [2.05, 4.69) is 35.0 Å². The standard InChI is InChI=1S/C13H17N3/c1-16(2)9-3-4-12-11(7-9)10-5-6-14-8-13(10)15-12/h5-6,8-9,15H,3-4,7H2,1-2H3. The first-order valence-electron chi connectivity index (χ1n) is 5.85. The summed E-state index contributed by atoms with van der Waals surface area (Å²) in [7, 11) is 4.35. The zero-order valence-electron chi connectivity index (χ0n) is 9.83. The van der Waals surface area contributed by atoms with Gasteiger partial charge in [0.15, 0.2) is 0 Å². The number of likely N-dealkylation sites (N-methyl/N-ethyl adjacent to an activating group) is 1. The number of nitrogens with zero attached hydrogens (tertiary/aromatic N) is 2. The molecule has 0 fully saturated rings. The Labute approximate surface area is 95.5 Å². The fourth-order valence-electron chi connectivity index (χ4n) is 2.69. The molecule has 84 valence electrons. The first-order chi connectivity index (χ1) is 7.75. The molecule has 1 unspecified atom stereocenters. The van der Waals surface area contributed by atoms with Crippen LogP contribution in [0, 0.1) is 0 Å². The number of hydrogen-bond donors (Lipinski definition) is 1. The highest BCUT2D eigenvalue weighted by atomic mass is 15.1. The molecule has 0 aromatic carbocycles. The van der Waals surface area contributed by atoms with E-state index in [1.807, 2.05) is 12.4 Å². The molecule has 2 aromatic rings. The Morgan fingerprint density at radius 3 is 3.12 bits per heavy atom. The fraction of sp³-hybridized carbons (Fsp3) is 0.462. The molecule has 0 saturated heterocycles. The molecule has 3 heteroatoms. The molecule has 16 heavy (non-hydrogen) atoms. The molecule has 1 atom stereocenters. The molecular formula is C13H17N3. The van der Waals surface area contributed by atoms with Gasteiger partial charge in [-0.1, -0.05) is 0 Å². The van der Waals surface area contributed by atoms with Gasteiger partial charge in [0.25, 0.3) is 0 Å². The summed E-state index contributed by atoms with van der Waals surface area (Å²) >= 11 is 0. The molecular weight excluding hydrogens is 198 g/mol. The van der Waals surface area contributed by atoms with Crippen LogP contribution in [0.5, 0.6) is 0 Å². The Bertz CT molecular complexity index is 513. The Morgan fingerprint density at radius 1 is 1.44 bits per heavy atom. The summed E-state index contributed by atoms with van der Waals surface area (Å²) in [5, 5.41) is 1.36. The van der Waals surface area contributed by atoms with Crippen LogP contribution in [0.25, 0.3) is 10.9 Å². The minimum absolute atomic E-state index is 0.680. The third-order valence-electron chi connectivity index (χ3n) is 3.69. The van der Waals surface area contributed by atoms with E-state index in [1.165, 1.54) is 28.6 Å². The lowest BCUT2D eigenvalue weighted by atomic mass is 9.91. The first kappa shape index (κ1) is 9.85. The van der Waals surface area contributed by atoms with Gasteiger partial charge in [-0.05, 0) is 45.0 Å². The summed E-state index contributed by atoms with van der Waals surface area (Å²) in [5.41, 5.74) is 4.11. The molecule has 0 radical (unpaired) electrons. The summed E-state index contributed by atoms with van der Waals surface area (Å²) in [6.45, 7) is 0. The predicted molar refractivity (Wildman–Crippen MR) is 65.6 cm³/mol. The van der Waals surface area contributed by atoms with E-state index in [1.54, 1.807) is 0 Å². The van der Waals surface area contributed by atoms with Crippen LogP contribution in [0.3, 0.4) is 0 Å². The van der Waals surface area contributed by atoms with Crippen molar-refractivity contribution in [2.45, 2.75) is 25.3 Å². The number of nitrogens with one attached hydrogen (secondary N) is 1. The Morgan fingerprint density at radius 2 is 2.31 bits per heavy atom. The lowest BCUT2D eigenvalue weighted by Gasteiger charge is -2.28. The maximum atomic E-state index is 4.17. The second-order valence-electron chi connectivity index (χ2n) is 4.86. The summed E-state index contributed by atoms with van der Waals surface area (Å²) < 4.78 is 0. The van der Waals surface area contributed by atoms with Gasteiger partial charge in [-0.3, -0.25) is 4.98 Å². The highest BCUT2D eigenvalue weighted by Gasteiger charge is 2.23. The molecule has 1 N–H and O–H groups in total. The average molecular weight is 215 g/mol. The van der Waals surface area contributed by atoms with Crippen LogP contribution >= 0.6 is 0 Å². The van der Waals surface area contributed by atoms with Gasteiger partial charge in [-0.2, -0.15) is 0 Å². The molecule has 3 nitrogen and oxygen atoms in total. The van der Waals surface area contributed by atoms with Crippen molar-refractivity contribution in [3.05, 3.63) is 29.7 Å². The van der Waals surface area contributed by atoms with Gasteiger partial charge in [0.2, 0.25) is 0 Å². The highest BCUT2D eigenvalue weighted by molar-refractivity contribution is 5.84. The minimum Gasteiger partial charge on any atom is -0.357 e. The zero-order valence-corrected chi connectivity index (χ0v) is 9.83. The van der Waals surface area contributed by atoms with E-state index in [9.17, 15) is 0 Å². The van der Waals surface area contributed by atoms with E-state index in [0.717, 1.165) is 12.8 Å². The second kappa shape index (κ2) is 3.59. The van der Waals surface area contributed by atoms with Gasteiger partial charge >= 0.3 is 0 Å². The van der Waals surface area contributed by atoms with Gasteiger partial charge in [0, 0.05) is 23.3 Å². The van der Waals surface area contributed by atoms with E-state index >= 15 is 0 Å². The van der Waals surface area contributed by atoms with Crippen molar-refractivity contribution in [1.82, 2.24) is 14.9 Å². The van der Waals surface area contributed by atoms with Gasteiger partial charge in [-0.15, -0.1) is 0 Å². The number of aromatic nitrogens is 2. The van der Waals surface area contributed by atoms with E-state index in [-0.39, 0.29) is 0 Å². The third-order valence-corrected chi connectivity index (χ3v) is 3.69. The quantitative estimate of drug-likeness (QED) is 0.789. The van der Waals surface area contributed by atoms with Gasteiger partial charge in [0.05, 0.1) is 11.7 Å². The lowest BCUT2D eigenvalue weighted by molar-refractivity contribution is 0.268. The van der Waals surface area contributed by atoms with Crippen molar-refractivity contribution in [2.24, 2.45) is 0 Å². The fourth-order valence-corrected chi connectivity index (χ4v) is 2.69. The third kappa shape index (κ3) is 1.43. The van der Waals surface area contributed by atoms with Gasteiger partial charge in [0.1, 0.15) is 0 Å². The summed E-state index contributed by atoms with van der Waals surface area (Å²) in [6.07, 6.45) is 7.38. The molecule has 2 aromatic heterocycles. The summed E-state index contributed by atoms with van der Waals surface area (Å²) in [5.74, 6) is 0. The highest BCUT2D eigenvalue weighted by Crippen LogP contribution is 2.29. The number of pyridine rings is 1. The minimum atomic E-state index is 0.680. The van der Waals surface area contributed by atoms with Crippen molar-refractivity contribution in [1.29, 1.82) is 0 Å². The first-order valence-corrected chi connectivity index (χ1v) is 5.85. The SMILES string of the molecule is CN(C)C1CCc2[nH]c3cnccc3c2C1. The number of aryl methyl sites for hydroxylation is 1. The molecule has 0 saturated carbocycles. The zero-order chi connectivity index (χ0) is 11.1. The normalized spacial score (nSPS) is 20.3. The van der Waals surface area contributed by atoms with Crippen molar-refractivity contribution in [3.8, 4) is 0 Å². The largest absolute Gasteiger partial charge is 0.357 e. The van der Waals surface area contributed by atoms with Crippen LogP contribution in [0.1, 0.15) is 17.7 Å². The monoisotopic (exact) mass is 215 g/mol. The second-order valence-corrected chi connectivity index (χ2v) is 4.86.